The van der Waals surface area contributed by atoms with Crippen LogP contribution >= 0.6 is 8.58 Å². The lowest BCUT2D eigenvalue weighted by molar-refractivity contribution is 0.108. The van der Waals surface area contributed by atoms with Crippen LogP contribution in [-0.4, -0.2) is 10.7 Å². The molecule has 0 aliphatic heterocycles. The Bertz CT molecular complexity index is 285. The number of carbonyl (C=O) groups excluding carboxylic acids is 1. The largest absolute Gasteiger partial charge is 0.289 e. The molecule has 2 heteroatoms. The van der Waals surface area contributed by atoms with Gasteiger partial charge < -0.3 is 0 Å². The summed E-state index contributed by atoms with van der Waals surface area (Å²) in [5.74, 6) is 0. The van der Waals surface area contributed by atoms with Gasteiger partial charge >= 0.3 is 0 Å². The van der Waals surface area contributed by atoms with E-state index in [9.17, 15) is 4.79 Å². The molecular weight excluding hydrogens is 179 g/mol. The van der Waals surface area contributed by atoms with E-state index in [1.165, 1.54) is 0 Å². The zero-order chi connectivity index (χ0) is 9.90. The second-order valence-corrected chi connectivity index (χ2v) is 6.27. The second-order valence-electron chi connectivity index (χ2n) is 4.07. The van der Waals surface area contributed by atoms with Crippen LogP contribution in [-0.2, 0) is 0 Å². The van der Waals surface area contributed by atoms with Crippen molar-refractivity contribution >= 4 is 14.1 Å². The van der Waals surface area contributed by atoms with E-state index >= 15 is 0 Å². The topological polar surface area (TPSA) is 17.1 Å². The highest BCUT2D eigenvalue weighted by Gasteiger charge is 2.16. The predicted molar refractivity (Wildman–Crippen MR) is 58.8 cm³/mol. The standard InChI is InChI=1S/C11H15OP/c1-11(2,3)13-10(12)9-7-5-4-6-8-9/h4-8,13H,1-3H3. The Morgan fingerprint density at radius 1 is 1.15 bits per heavy atom. The van der Waals surface area contributed by atoms with Crippen LogP contribution in [0, 0.1) is 0 Å². The van der Waals surface area contributed by atoms with Gasteiger partial charge in [-0.15, -0.1) is 0 Å². The minimum atomic E-state index is 0.104. The fraction of sp³-hybridized carbons (Fsp3) is 0.364. The predicted octanol–water partition coefficient (Wildman–Crippen LogP) is 3.30. The Morgan fingerprint density at radius 2 is 1.69 bits per heavy atom. The van der Waals surface area contributed by atoms with Gasteiger partial charge in [0.2, 0.25) is 0 Å². The summed E-state index contributed by atoms with van der Waals surface area (Å²) in [5, 5.41) is 0.104. The molecule has 0 amide bonds. The summed E-state index contributed by atoms with van der Waals surface area (Å²) in [4.78, 5) is 11.7. The summed E-state index contributed by atoms with van der Waals surface area (Å²) >= 11 is 0. The lowest BCUT2D eigenvalue weighted by Gasteiger charge is -2.16. The van der Waals surface area contributed by atoms with Crippen LogP contribution in [0.1, 0.15) is 31.1 Å². The molecule has 0 fully saturated rings. The number of rotatable bonds is 2. The summed E-state index contributed by atoms with van der Waals surface area (Å²) in [6.07, 6.45) is 0. The molecule has 0 spiro atoms. The minimum absolute atomic E-state index is 0.104. The minimum Gasteiger partial charge on any atom is -0.289 e. The number of carbonyl (C=O) groups is 1. The number of benzene rings is 1. The summed E-state index contributed by atoms with van der Waals surface area (Å²) < 4.78 is 0. The first-order valence-electron chi connectivity index (χ1n) is 4.36. The molecular formula is C11H15OP. The van der Waals surface area contributed by atoms with Crippen molar-refractivity contribution in [1.82, 2.24) is 0 Å². The zero-order valence-corrected chi connectivity index (χ0v) is 9.29. The molecule has 70 valence electrons. The van der Waals surface area contributed by atoms with E-state index in [0.29, 0.717) is 8.58 Å². The third kappa shape index (κ3) is 3.69. The van der Waals surface area contributed by atoms with Gasteiger partial charge in [0, 0.05) is 5.56 Å². The van der Waals surface area contributed by atoms with Crippen LogP contribution in [0.25, 0.3) is 0 Å². The first kappa shape index (κ1) is 10.4. The molecule has 0 aromatic heterocycles. The number of hydrogen-bond donors (Lipinski definition) is 0. The summed E-state index contributed by atoms with van der Waals surface area (Å²) in [6.45, 7) is 6.27. The molecule has 0 radical (unpaired) electrons. The van der Waals surface area contributed by atoms with Crippen LogP contribution in [0.5, 0.6) is 0 Å². The summed E-state index contributed by atoms with van der Waals surface area (Å²) in [5.41, 5.74) is 1.09. The van der Waals surface area contributed by atoms with Gasteiger partial charge in [0.1, 0.15) is 0 Å². The van der Waals surface area contributed by atoms with Crippen LogP contribution in [0.3, 0.4) is 0 Å². The molecule has 1 aromatic rings. The molecule has 1 atom stereocenters. The monoisotopic (exact) mass is 194 g/mol. The van der Waals surface area contributed by atoms with E-state index in [2.05, 4.69) is 20.8 Å². The highest BCUT2D eigenvalue weighted by Crippen LogP contribution is 2.33. The normalized spacial score (nSPS) is 12.2. The molecule has 0 N–H and O–H groups in total. The maximum Gasteiger partial charge on any atom is 0.181 e. The van der Waals surface area contributed by atoms with Crippen molar-refractivity contribution in [3.05, 3.63) is 35.9 Å². The zero-order valence-electron chi connectivity index (χ0n) is 8.29. The smallest absolute Gasteiger partial charge is 0.181 e. The van der Waals surface area contributed by atoms with E-state index in [1.807, 2.05) is 30.3 Å². The first-order valence-corrected chi connectivity index (χ1v) is 5.36. The maximum atomic E-state index is 11.7. The Morgan fingerprint density at radius 3 is 2.15 bits per heavy atom. The summed E-state index contributed by atoms with van der Waals surface area (Å²) in [7, 11) is 0.354. The van der Waals surface area contributed by atoms with Crippen LogP contribution in [0.15, 0.2) is 30.3 Å². The second kappa shape index (κ2) is 4.02. The molecule has 1 nitrogen and oxygen atoms in total. The van der Waals surface area contributed by atoms with E-state index < -0.39 is 0 Å². The van der Waals surface area contributed by atoms with Crippen LogP contribution in [0.4, 0.5) is 0 Å². The van der Waals surface area contributed by atoms with Gasteiger partial charge in [-0.2, -0.15) is 0 Å². The van der Waals surface area contributed by atoms with Crippen molar-refractivity contribution in [3.8, 4) is 0 Å². The van der Waals surface area contributed by atoms with Gasteiger partial charge in [0.05, 0.1) is 0 Å². The lowest BCUT2D eigenvalue weighted by atomic mass is 10.2. The molecule has 1 unspecified atom stereocenters. The van der Waals surface area contributed by atoms with Crippen molar-refractivity contribution in [2.45, 2.75) is 25.9 Å². The van der Waals surface area contributed by atoms with Gasteiger partial charge in [0.15, 0.2) is 5.52 Å². The van der Waals surface area contributed by atoms with Crippen molar-refractivity contribution in [1.29, 1.82) is 0 Å². The first-order chi connectivity index (χ1) is 5.99. The average Bonchev–Trinajstić information content (AvgIpc) is 2.03. The van der Waals surface area contributed by atoms with Crippen molar-refractivity contribution in [3.63, 3.8) is 0 Å². The Labute approximate surface area is 81.3 Å². The molecule has 1 rings (SSSR count). The molecule has 0 saturated carbocycles. The maximum absolute atomic E-state index is 11.7. The van der Waals surface area contributed by atoms with Gasteiger partial charge in [-0.1, -0.05) is 51.1 Å². The lowest BCUT2D eigenvalue weighted by Crippen LogP contribution is -2.09. The van der Waals surface area contributed by atoms with Crippen LogP contribution < -0.4 is 0 Å². The van der Waals surface area contributed by atoms with E-state index in [4.69, 9.17) is 0 Å². The summed E-state index contributed by atoms with van der Waals surface area (Å²) in [6, 6.07) is 9.49. The number of hydrogen-bond acceptors (Lipinski definition) is 1. The van der Waals surface area contributed by atoms with Gasteiger partial charge in [-0.05, 0) is 13.7 Å². The average molecular weight is 194 g/mol. The van der Waals surface area contributed by atoms with Gasteiger partial charge in [-0.3, -0.25) is 4.79 Å². The molecule has 1 aromatic carbocycles. The molecule has 0 aliphatic rings. The molecule has 13 heavy (non-hydrogen) atoms. The molecule has 0 bridgehead atoms. The fourth-order valence-corrected chi connectivity index (χ4v) is 1.99. The molecule has 0 saturated heterocycles. The van der Waals surface area contributed by atoms with E-state index in [-0.39, 0.29) is 10.7 Å². The van der Waals surface area contributed by atoms with Gasteiger partial charge in [0.25, 0.3) is 0 Å². The Kier molecular flexibility index (Phi) is 3.22. The fourth-order valence-electron chi connectivity index (χ4n) is 1.00. The Hall–Kier alpha value is -0.680. The quantitative estimate of drug-likeness (QED) is 0.660. The highest BCUT2D eigenvalue weighted by molar-refractivity contribution is 7.60. The van der Waals surface area contributed by atoms with E-state index in [0.717, 1.165) is 5.56 Å². The Balaban J connectivity index is 2.71. The van der Waals surface area contributed by atoms with Gasteiger partial charge in [-0.25, -0.2) is 0 Å². The SMILES string of the molecule is CC(C)(C)PC(=O)c1ccccc1. The van der Waals surface area contributed by atoms with Crippen LogP contribution in [0.2, 0.25) is 0 Å². The molecule has 0 aliphatic carbocycles. The van der Waals surface area contributed by atoms with Crippen molar-refractivity contribution < 1.29 is 4.79 Å². The third-order valence-corrected chi connectivity index (χ3v) is 2.79. The van der Waals surface area contributed by atoms with Crippen molar-refractivity contribution in [2.24, 2.45) is 0 Å². The van der Waals surface area contributed by atoms with Crippen molar-refractivity contribution in [2.75, 3.05) is 0 Å². The molecule has 0 heterocycles. The third-order valence-electron chi connectivity index (χ3n) is 1.52. The highest BCUT2D eigenvalue weighted by atomic mass is 31.1. The van der Waals surface area contributed by atoms with E-state index in [1.54, 1.807) is 0 Å².